The largest absolute Gasteiger partial charge is 0.306 e. The number of nitrogens with zero attached hydrogens (tertiary/aromatic N) is 3. The number of hydrogen-bond acceptors (Lipinski definition) is 4. The van der Waals surface area contributed by atoms with Crippen LogP contribution in [0.25, 0.3) is 33.5 Å². The Hall–Kier alpha value is -3.78. The second kappa shape index (κ2) is 6.02. The monoisotopic (exact) mass is 324 g/mol. The standard InChI is InChI=1S/C20H12N4O/c21-12-13-9-10-22-18(11-13)14-5-7-15(8-6-14)19-23-17-4-2-1-3-16(17)20(25)24-19/h1-11H,(H,23,24,25). The van der Waals surface area contributed by atoms with Crippen LogP contribution in [0.5, 0.6) is 0 Å². The van der Waals surface area contributed by atoms with Crippen molar-refractivity contribution < 1.29 is 0 Å². The molecule has 25 heavy (non-hydrogen) atoms. The van der Waals surface area contributed by atoms with Gasteiger partial charge in [0.15, 0.2) is 0 Å². The van der Waals surface area contributed by atoms with E-state index in [0.717, 1.165) is 16.8 Å². The fraction of sp³-hybridized carbons (Fsp3) is 0. The third-order valence-electron chi connectivity index (χ3n) is 3.96. The number of rotatable bonds is 2. The SMILES string of the molecule is N#Cc1ccnc(-c2ccc(-c3nc4ccccc4c(=O)[nH]3)cc2)c1. The van der Waals surface area contributed by atoms with E-state index in [1.54, 1.807) is 24.4 Å². The Morgan fingerprint density at radius 2 is 1.72 bits per heavy atom. The molecule has 2 heterocycles. The van der Waals surface area contributed by atoms with E-state index in [1.807, 2.05) is 42.5 Å². The number of para-hydroxylation sites is 1. The average Bonchev–Trinajstić information content (AvgIpc) is 2.68. The summed E-state index contributed by atoms with van der Waals surface area (Å²) >= 11 is 0. The van der Waals surface area contributed by atoms with Crippen molar-refractivity contribution >= 4 is 10.9 Å². The highest BCUT2D eigenvalue weighted by molar-refractivity contribution is 5.79. The van der Waals surface area contributed by atoms with Crippen molar-refractivity contribution in [3.8, 4) is 28.7 Å². The first-order valence-electron chi connectivity index (χ1n) is 7.70. The molecule has 0 atom stereocenters. The predicted octanol–water partition coefficient (Wildman–Crippen LogP) is 3.52. The van der Waals surface area contributed by atoms with E-state index < -0.39 is 0 Å². The molecule has 0 spiro atoms. The molecule has 0 bridgehead atoms. The summed E-state index contributed by atoms with van der Waals surface area (Å²) in [7, 11) is 0. The molecule has 0 aliphatic rings. The zero-order chi connectivity index (χ0) is 17.2. The van der Waals surface area contributed by atoms with Gasteiger partial charge in [0.25, 0.3) is 5.56 Å². The Bertz CT molecular complexity index is 1170. The highest BCUT2D eigenvalue weighted by Gasteiger charge is 2.07. The molecule has 0 radical (unpaired) electrons. The minimum atomic E-state index is -0.159. The van der Waals surface area contributed by atoms with E-state index in [2.05, 4.69) is 21.0 Å². The third-order valence-corrected chi connectivity index (χ3v) is 3.96. The Balaban J connectivity index is 1.75. The van der Waals surface area contributed by atoms with Crippen LogP contribution in [0.3, 0.4) is 0 Å². The molecule has 0 saturated heterocycles. The molecule has 0 amide bonds. The van der Waals surface area contributed by atoms with Crippen molar-refractivity contribution in [3.05, 3.63) is 82.8 Å². The van der Waals surface area contributed by atoms with Crippen LogP contribution in [0, 0.1) is 11.3 Å². The molecule has 2 aromatic heterocycles. The molecule has 0 saturated carbocycles. The van der Waals surface area contributed by atoms with E-state index in [4.69, 9.17) is 5.26 Å². The summed E-state index contributed by atoms with van der Waals surface area (Å²) in [5.74, 6) is 0.522. The number of pyridine rings is 1. The molecule has 1 N–H and O–H groups in total. The molecule has 4 aromatic rings. The summed E-state index contributed by atoms with van der Waals surface area (Å²) in [4.78, 5) is 23.8. The molecule has 5 nitrogen and oxygen atoms in total. The molecular weight excluding hydrogens is 312 g/mol. The Morgan fingerprint density at radius 3 is 2.52 bits per heavy atom. The van der Waals surface area contributed by atoms with Gasteiger partial charge in [0.05, 0.1) is 28.2 Å². The Morgan fingerprint density at radius 1 is 0.960 bits per heavy atom. The lowest BCUT2D eigenvalue weighted by Gasteiger charge is -2.05. The van der Waals surface area contributed by atoms with Gasteiger partial charge in [-0.25, -0.2) is 4.98 Å². The molecule has 4 rings (SSSR count). The number of hydrogen-bond donors (Lipinski definition) is 1. The number of aromatic nitrogens is 3. The topological polar surface area (TPSA) is 82.4 Å². The maximum absolute atomic E-state index is 12.2. The lowest BCUT2D eigenvalue weighted by atomic mass is 10.1. The van der Waals surface area contributed by atoms with E-state index in [9.17, 15) is 4.79 Å². The zero-order valence-corrected chi connectivity index (χ0v) is 13.1. The van der Waals surface area contributed by atoms with Crippen molar-refractivity contribution in [2.75, 3.05) is 0 Å². The van der Waals surface area contributed by atoms with Crippen LogP contribution in [0.2, 0.25) is 0 Å². The smallest absolute Gasteiger partial charge is 0.259 e. The molecule has 0 unspecified atom stereocenters. The van der Waals surface area contributed by atoms with Crippen LogP contribution in [0.4, 0.5) is 0 Å². The quantitative estimate of drug-likeness (QED) is 0.611. The first-order chi connectivity index (χ1) is 12.2. The van der Waals surface area contributed by atoms with Gasteiger partial charge in [-0.1, -0.05) is 36.4 Å². The highest BCUT2D eigenvalue weighted by atomic mass is 16.1. The van der Waals surface area contributed by atoms with Gasteiger partial charge in [-0.15, -0.1) is 0 Å². The number of nitrogens with one attached hydrogen (secondary N) is 1. The minimum absolute atomic E-state index is 0.159. The molecule has 0 fully saturated rings. The fourth-order valence-corrected chi connectivity index (χ4v) is 2.68. The summed E-state index contributed by atoms with van der Waals surface area (Å²) in [5, 5.41) is 9.56. The summed E-state index contributed by atoms with van der Waals surface area (Å²) in [6.07, 6.45) is 1.62. The second-order valence-corrected chi connectivity index (χ2v) is 5.55. The maximum Gasteiger partial charge on any atom is 0.259 e. The predicted molar refractivity (Wildman–Crippen MR) is 95.7 cm³/mol. The van der Waals surface area contributed by atoms with E-state index in [0.29, 0.717) is 22.3 Å². The van der Waals surface area contributed by atoms with Crippen molar-refractivity contribution in [3.63, 3.8) is 0 Å². The fourth-order valence-electron chi connectivity index (χ4n) is 2.68. The molecule has 0 aliphatic carbocycles. The first kappa shape index (κ1) is 14.8. The highest BCUT2D eigenvalue weighted by Crippen LogP contribution is 2.22. The molecule has 0 aliphatic heterocycles. The molecule has 118 valence electrons. The van der Waals surface area contributed by atoms with Crippen LogP contribution < -0.4 is 5.56 Å². The van der Waals surface area contributed by atoms with Crippen LogP contribution in [-0.4, -0.2) is 15.0 Å². The van der Waals surface area contributed by atoms with E-state index >= 15 is 0 Å². The lowest BCUT2D eigenvalue weighted by Crippen LogP contribution is -2.09. The van der Waals surface area contributed by atoms with Crippen molar-refractivity contribution in [2.24, 2.45) is 0 Å². The molecule has 2 aromatic carbocycles. The minimum Gasteiger partial charge on any atom is -0.306 e. The van der Waals surface area contributed by atoms with Gasteiger partial charge < -0.3 is 4.98 Å². The van der Waals surface area contributed by atoms with Gasteiger partial charge in [0.1, 0.15) is 5.82 Å². The average molecular weight is 324 g/mol. The van der Waals surface area contributed by atoms with Gasteiger partial charge in [-0.3, -0.25) is 9.78 Å². The number of H-pyrrole nitrogens is 1. The van der Waals surface area contributed by atoms with Crippen molar-refractivity contribution in [1.29, 1.82) is 5.26 Å². The second-order valence-electron chi connectivity index (χ2n) is 5.55. The first-order valence-corrected chi connectivity index (χ1v) is 7.70. The summed E-state index contributed by atoms with van der Waals surface area (Å²) in [6.45, 7) is 0. The van der Waals surface area contributed by atoms with Crippen LogP contribution in [0.15, 0.2) is 71.7 Å². The van der Waals surface area contributed by atoms with Gasteiger partial charge >= 0.3 is 0 Å². The van der Waals surface area contributed by atoms with Crippen molar-refractivity contribution in [1.82, 2.24) is 15.0 Å². The zero-order valence-electron chi connectivity index (χ0n) is 13.1. The number of fused-ring (bicyclic) bond motifs is 1. The van der Waals surface area contributed by atoms with E-state index in [-0.39, 0.29) is 5.56 Å². The summed E-state index contributed by atoms with van der Waals surface area (Å²) < 4.78 is 0. The maximum atomic E-state index is 12.2. The normalized spacial score (nSPS) is 10.5. The third kappa shape index (κ3) is 2.77. The summed E-state index contributed by atoms with van der Waals surface area (Å²) in [5.41, 5.74) is 3.49. The van der Waals surface area contributed by atoms with Gasteiger partial charge in [-0.05, 0) is 24.3 Å². The summed E-state index contributed by atoms with van der Waals surface area (Å²) in [6, 6.07) is 20.3. The molecular formula is C20H12N4O. The van der Waals surface area contributed by atoms with Gasteiger partial charge in [0, 0.05) is 17.3 Å². The Labute approximate surface area is 143 Å². The van der Waals surface area contributed by atoms with Crippen LogP contribution in [0.1, 0.15) is 5.56 Å². The Kier molecular flexibility index (Phi) is 3.56. The molecule has 5 heteroatoms. The number of aromatic amines is 1. The van der Waals surface area contributed by atoms with Crippen LogP contribution in [-0.2, 0) is 0 Å². The number of benzene rings is 2. The van der Waals surface area contributed by atoms with E-state index in [1.165, 1.54) is 0 Å². The van der Waals surface area contributed by atoms with Crippen LogP contribution >= 0.6 is 0 Å². The van der Waals surface area contributed by atoms with Crippen molar-refractivity contribution in [2.45, 2.75) is 0 Å². The van der Waals surface area contributed by atoms with Gasteiger partial charge in [-0.2, -0.15) is 5.26 Å². The van der Waals surface area contributed by atoms with Gasteiger partial charge in [0.2, 0.25) is 0 Å². The lowest BCUT2D eigenvalue weighted by molar-refractivity contribution is 1.18. The number of nitriles is 1.